The van der Waals surface area contributed by atoms with Crippen LogP contribution in [0.2, 0.25) is 0 Å². The van der Waals surface area contributed by atoms with E-state index in [1.807, 2.05) is 12.1 Å². The summed E-state index contributed by atoms with van der Waals surface area (Å²) in [5, 5.41) is 8.41. The molecule has 1 N–H and O–H groups in total. The van der Waals surface area contributed by atoms with Crippen LogP contribution >= 0.6 is 31.9 Å². The lowest BCUT2D eigenvalue weighted by atomic mass is 10.3. The van der Waals surface area contributed by atoms with E-state index in [4.69, 9.17) is 9.84 Å². The molecule has 0 heterocycles. The molecule has 0 amide bonds. The van der Waals surface area contributed by atoms with Gasteiger partial charge in [-0.3, -0.25) is 4.79 Å². The average molecular weight is 324 g/mol. The Kier molecular flexibility index (Phi) is 4.41. The summed E-state index contributed by atoms with van der Waals surface area (Å²) in [6.45, 7) is 0.171. The molecule has 3 nitrogen and oxygen atoms in total. The van der Waals surface area contributed by atoms with Gasteiger partial charge in [0.15, 0.2) is 0 Å². The first-order valence-electron chi connectivity index (χ1n) is 3.89. The van der Waals surface area contributed by atoms with Crippen LogP contribution in [0.25, 0.3) is 0 Å². The van der Waals surface area contributed by atoms with E-state index in [1.165, 1.54) is 0 Å². The number of carbonyl (C=O) groups is 1. The van der Waals surface area contributed by atoms with Crippen LogP contribution in [-0.2, 0) is 4.79 Å². The maximum absolute atomic E-state index is 10.2. The van der Waals surface area contributed by atoms with Gasteiger partial charge in [-0.2, -0.15) is 0 Å². The Bertz CT molecular complexity index is 339. The van der Waals surface area contributed by atoms with Crippen LogP contribution in [0.4, 0.5) is 0 Å². The summed E-state index contributed by atoms with van der Waals surface area (Å²) in [4.78, 5) is 10.2. The van der Waals surface area contributed by atoms with Crippen LogP contribution in [0, 0.1) is 0 Å². The minimum atomic E-state index is -0.865. The predicted octanol–water partition coefficient (Wildman–Crippen LogP) is 3.07. The zero-order valence-electron chi connectivity index (χ0n) is 7.17. The monoisotopic (exact) mass is 322 g/mol. The molecule has 14 heavy (non-hydrogen) atoms. The van der Waals surface area contributed by atoms with E-state index in [0.717, 1.165) is 8.95 Å². The van der Waals surface area contributed by atoms with Crippen molar-refractivity contribution < 1.29 is 14.6 Å². The molecule has 0 aliphatic heterocycles. The van der Waals surface area contributed by atoms with Gasteiger partial charge in [0.05, 0.1) is 17.5 Å². The first kappa shape index (κ1) is 11.5. The Morgan fingerprint density at radius 3 is 2.79 bits per heavy atom. The molecule has 0 aliphatic rings. The molecule has 0 saturated heterocycles. The second kappa shape index (κ2) is 5.36. The van der Waals surface area contributed by atoms with Crippen molar-refractivity contribution in [1.82, 2.24) is 0 Å². The number of hydrogen-bond donors (Lipinski definition) is 1. The number of carboxylic acids is 1. The van der Waals surface area contributed by atoms with Crippen LogP contribution in [0.5, 0.6) is 5.75 Å². The summed E-state index contributed by atoms with van der Waals surface area (Å²) in [6, 6.07) is 5.49. The summed E-state index contributed by atoms with van der Waals surface area (Å²) in [7, 11) is 0. The van der Waals surface area contributed by atoms with E-state index in [-0.39, 0.29) is 13.0 Å². The van der Waals surface area contributed by atoms with Gasteiger partial charge in [0, 0.05) is 4.47 Å². The molecule has 1 rings (SSSR count). The smallest absolute Gasteiger partial charge is 0.306 e. The number of ether oxygens (including phenoxy) is 1. The van der Waals surface area contributed by atoms with Gasteiger partial charge in [0.25, 0.3) is 0 Å². The highest BCUT2D eigenvalue weighted by Crippen LogP contribution is 2.28. The van der Waals surface area contributed by atoms with E-state index in [2.05, 4.69) is 31.9 Å². The highest BCUT2D eigenvalue weighted by Gasteiger charge is 2.03. The summed E-state index contributed by atoms with van der Waals surface area (Å²) < 4.78 is 6.98. The molecule has 1 aromatic rings. The minimum Gasteiger partial charge on any atom is -0.492 e. The van der Waals surface area contributed by atoms with E-state index >= 15 is 0 Å². The number of aliphatic carboxylic acids is 1. The van der Waals surface area contributed by atoms with Gasteiger partial charge < -0.3 is 9.84 Å². The van der Waals surface area contributed by atoms with Gasteiger partial charge >= 0.3 is 5.97 Å². The van der Waals surface area contributed by atoms with E-state index in [9.17, 15) is 4.79 Å². The minimum absolute atomic E-state index is 0.00104. The fourth-order valence-corrected chi connectivity index (χ4v) is 1.54. The Balaban J connectivity index is 2.57. The molecule has 0 aliphatic carbocycles. The van der Waals surface area contributed by atoms with Gasteiger partial charge in [-0.05, 0) is 34.1 Å². The van der Waals surface area contributed by atoms with Crippen molar-refractivity contribution in [3.8, 4) is 5.75 Å². The molecule has 5 heteroatoms. The van der Waals surface area contributed by atoms with Gasteiger partial charge in [-0.15, -0.1) is 0 Å². The number of hydrogen-bond acceptors (Lipinski definition) is 2. The van der Waals surface area contributed by atoms with Crippen molar-refractivity contribution in [2.24, 2.45) is 0 Å². The largest absolute Gasteiger partial charge is 0.492 e. The molecule has 0 spiro atoms. The van der Waals surface area contributed by atoms with Crippen LogP contribution in [-0.4, -0.2) is 17.7 Å². The standard InChI is InChI=1S/C9H8Br2O3/c10-6-1-2-7(11)8(5-6)14-4-3-9(12)13/h1-2,5H,3-4H2,(H,12,13). The molecule has 0 radical (unpaired) electrons. The first-order chi connectivity index (χ1) is 6.59. The van der Waals surface area contributed by atoms with Gasteiger partial charge in [0.2, 0.25) is 0 Å². The van der Waals surface area contributed by atoms with Crippen LogP contribution in [0.15, 0.2) is 27.1 Å². The van der Waals surface area contributed by atoms with Crippen molar-refractivity contribution in [2.45, 2.75) is 6.42 Å². The Morgan fingerprint density at radius 2 is 2.14 bits per heavy atom. The zero-order chi connectivity index (χ0) is 10.6. The molecule has 0 aromatic heterocycles. The first-order valence-corrected chi connectivity index (χ1v) is 5.48. The average Bonchev–Trinajstić information content (AvgIpc) is 2.10. The second-order valence-electron chi connectivity index (χ2n) is 2.57. The van der Waals surface area contributed by atoms with E-state index < -0.39 is 5.97 Å². The van der Waals surface area contributed by atoms with Crippen molar-refractivity contribution in [2.75, 3.05) is 6.61 Å². The molecule has 76 valence electrons. The highest BCUT2D eigenvalue weighted by atomic mass is 79.9. The van der Waals surface area contributed by atoms with Crippen LogP contribution in [0.1, 0.15) is 6.42 Å². The number of halogens is 2. The Labute approximate surface area is 98.3 Å². The van der Waals surface area contributed by atoms with Gasteiger partial charge in [-0.1, -0.05) is 15.9 Å². The Morgan fingerprint density at radius 1 is 1.43 bits per heavy atom. The molecule has 0 saturated carbocycles. The lowest BCUT2D eigenvalue weighted by Gasteiger charge is -2.06. The predicted molar refractivity (Wildman–Crippen MR) is 59.6 cm³/mol. The normalized spacial score (nSPS) is 9.86. The lowest BCUT2D eigenvalue weighted by molar-refractivity contribution is -0.137. The SMILES string of the molecule is O=C(O)CCOc1cc(Br)ccc1Br. The van der Waals surface area contributed by atoms with E-state index in [1.54, 1.807) is 6.07 Å². The van der Waals surface area contributed by atoms with Crippen molar-refractivity contribution in [3.63, 3.8) is 0 Å². The van der Waals surface area contributed by atoms with Crippen molar-refractivity contribution >= 4 is 37.8 Å². The van der Waals surface area contributed by atoms with Crippen LogP contribution < -0.4 is 4.74 Å². The van der Waals surface area contributed by atoms with Gasteiger partial charge in [-0.25, -0.2) is 0 Å². The quantitative estimate of drug-likeness (QED) is 0.926. The summed E-state index contributed by atoms with van der Waals surface area (Å²) in [6.07, 6.45) is -0.00104. The van der Waals surface area contributed by atoms with Crippen LogP contribution in [0.3, 0.4) is 0 Å². The number of benzene rings is 1. The maximum Gasteiger partial charge on any atom is 0.306 e. The fraction of sp³-hybridized carbons (Fsp3) is 0.222. The van der Waals surface area contributed by atoms with Gasteiger partial charge in [0.1, 0.15) is 5.75 Å². The molecule has 1 aromatic carbocycles. The zero-order valence-corrected chi connectivity index (χ0v) is 10.3. The molecular formula is C9H8Br2O3. The summed E-state index contributed by atoms with van der Waals surface area (Å²) in [5.74, 6) is -0.225. The molecule has 0 bridgehead atoms. The fourth-order valence-electron chi connectivity index (χ4n) is 0.836. The third-order valence-electron chi connectivity index (χ3n) is 1.47. The molecule has 0 unspecified atom stereocenters. The highest BCUT2D eigenvalue weighted by molar-refractivity contribution is 9.11. The van der Waals surface area contributed by atoms with E-state index in [0.29, 0.717) is 5.75 Å². The third kappa shape index (κ3) is 3.67. The molecule has 0 atom stereocenters. The molecule has 0 fully saturated rings. The summed E-state index contributed by atoms with van der Waals surface area (Å²) >= 11 is 6.60. The van der Waals surface area contributed by atoms with Crippen molar-refractivity contribution in [1.29, 1.82) is 0 Å². The molecular weight excluding hydrogens is 316 g/mol. The third-order valence-corrected chi connectivity index (χ3v) is 2.62. The second-order valence-corrected chi connectivity index (χ2v) is 4.34. The number of carboxylic acid groups (broad SMARTS) is 1. The topological polar surface area (TPSA) is 46.5 Å². The summed E-state index contributed by atoms with van der Waals surface area (Å²) in [5.41, 5.74) is 0. The Hall–Kier alpha value is -0.550. The maximum atomic E-state index is 10.2. The van der Waals surface area contributed by atoms with Crippen molar-refractivity contribution in [3.05, 3.63) is 27.1 Å². The lowest BCUT2D eigenvalue weighted by Crippen LogP contribution is -2.04. The number of rotatable bonds is 4.